The van der Waals surface area contributed by atoms with E-state index in [-0.39, 0.29) is 12.2 Å². The van der Waals surface area contributed by atoms with Gasteiger partial charge >= 0.3 is 5.97 Å². The van der Waals surface area contributed by atoms with E-state index in [1.54, 1.807) is 24.3 Å². The molecule has 2 rings (SSSR count). The highest BCUT2D eigenvalue weighted by Crippen LogP contribution is 2.24. The Morgan fingerprint density at radius 1 is 1.50 bits per heavy atom. The molecule has 1 aromatic heterocycles. The number of hydrogen-bond acceptors (Lipinski definition) is 3. The monoisotopic (exact) mass is 249 g/mol. The third kappa shape index (κ3) is 2.56. The first-order valence-corrected chi connectivity index (χ1v) is 5.50. The van der Waals surface area contributed by atoms with Crippen molar-refractivity contribution >= 4 is 5.97 Å². The van der Waals surface area contributed by atoms with Crippen molar-refractivity contribution in [3.63, 3.8) is 0 Å². The van der Waals surface area contributed by atoms with Gasteiger partial charge in [0.1, 0.15) is 11.9 Å². The summed E-state index contributed by atoms with van der Waals surface area (Å²) in [6, 6.07) is 8.49. The molecule has 1 N–H and O–H groups in total. The van der Waals surface area contributed by atoms with Gasteiger partial charge in [-0.3, -0.25) is 0 Å². The van der Waals surface area contributed by atoms with Crippen LogP contribution in [0.5, 0.6) is 0 Å². The van der Waals surface area contributed by atoms with E-state index in [9.17, 15) is 9.18 Å². The van der Waals surface area contributed by atoms with Crippen molar-refractivity contribution in [3.05, 3.63) is 41.7 Å². The lowest BCUT2D eigenvalue weighted by Crippen LogP contribution is -2.00. The van der Waals surface area contributed by atoms with E-state index in [4.69, 9.17) is 9.63 Å². The zero-order valence-corrected chi connectivity index (χ0v) is 9.76. The van der Waals surface area contributed by atoms with E-state index in [1.807, 2.05) is 0 Å². The van der Waals surface area contributed by atoms with Gasteiger partial charge in [0.05, 0.1) is 0 Å². The summed E-state index contributed by atoms with van der Waals surface area (Å²) in [5.41, 5.74) is 1.87. The predicted octanol–water partition coefficient (Wildman–Crippen LogP) is 2.94. The summed E-state index contributed by atoms with van der Waals surface area (Å²) in [5.74, 6) is -1.40. The summed E-state index contributed by atoms with van der Waals surface area (Å²) in [6.07, 6.45) is -0.720. The Labute approximate surface area is 103 Å². The van der Waals surface area contributed by atoms with Gasteiger partial charge in [-0.2, -0.15) is 0 Å². The van der Waals surface area contributed by atoms with Crippen molar-refractivity contribution in [2.24, 2.45) is 0 Å². The molecule has 1 aromatic carbocycles. The molecule has 94 valence electrons. The molecule has 0 saturated carbocycles. The van der Waals surface area contributed by atoms with Crippen LogP contribution in [0.15, 0.2) is 34.9 Å². The molecule has 0 fully saturated rings. The lowest BCUT2D eigenvalue weighted by atomic mass is 10.00. The molecule has 18 heavy (non-hydrogen) atoms. The van der Waals surface area contributed by atoms with Crippen LogP contribution in [-0.4, -0.2) is 22.4 Å². The van der Waals surface area contributed by atoms with Crippen LogP contribution in [0.25, 0.3) is 11.3 Å². The van der Waals surface area contributed by atoms with Crippen molar-refractivity contribution in [2.45, 2.75) is 19.5 Å². The number of benzene rings is 1. The molecule has 2 aromatic rings. The van der Waals surface area contributed by atoms with Crippen molar-refractivity contribution in [3.8, 4) is 11.3 Å². The second-order valence-electron chi connectivity index (χ2n) is 4.02. The number of rotatable bonds is 4. The van der Waals surface area contributed by atoms with E-state index in [1.165, 1.54) is 13.0 Å². The van der Waals surface area contributed by atoms with Gasteiger partial charge < -0.3 is 9.63 Å². The average Bonchev–Trinajstić information content (AvgIpc) is 2.78. The standard InChI is InChI=1S/C13H12FNO3/c1-8(14)6-9-4-2-3-5-10(9)11-7-12(13(16)17)18-15-11/h2-5,7-8H,6H2,1H3,(H,16,17). The van der Waals surface area contributed by atoms with Gasteiger partial charge in [-0.25, -0.2) is 9.18 Å². The number of halogens is 1. The molecule has 0 saturated heterocycles. The fourth-order valence-corrected chi connectivity index (χ4v) is 1.75. The Kier molecular flexibility index (Phi) is 3.41. The molecule has 0 aliphatic heterocycles. The van der Waals surface area contributed by atoms with Crippen molar-refractivity contribution < 1.29 is 18.8 Å². The highest BCUT2D eigenvalue weighted by molar-refractivity contribution is 5.85. The molecule has 4 nitrogen and oxygen atoms in total. The van der Waals surface area contributed by atoms with E-state index in [2.05, 4.69) is 5.16 Å². The largest absolute Gasteiger partial charge is 0.475 e. The molecular formula is C13H12FNO3. The minimum Gasteiger partial charge on any atom is -0.475 e. The van der Waals surface area contributed by atoms with Crippen molar-refractivity contribution in [1.29, 1.82) is 0 Å². The van der Waals surface area contributed by atoms with Crippen molar-refractivity contribution in [1.82, 2.24) is 5.16 Å². The normalized spacial score (nSPS) is 12.3. The molecule has 0 aliphatic rings. The number of carboxylic acids is 1. The van der Waals surface area contributed by atoms with Gasteiger partial charge in [-0.1, -0.05) is 29.4 Å². The Bertz CT molecular complexity index is 563. The SMILES string of the molecule is CC(F)Cc1ccccc1-c1cc(C(=O)O)on1. The maximum atomic E-state index is 13.1. The van der Waals surface area contributed by atoms with Crippen LogP contribution in [0.1, 0.15) is 23.0 Å². The van der Waals surface area contributed by atoms with E-state index < -0.39 is 12.1 Å². The number of aromatic carboxylic acids is 1. The number of carbonyl (C=O) groups is 1. The molecule has 0 amide bonds. The average molecular weight is 249 g/mol. The van der Waals surface area contributed by atoms with Gasteiger partial charge in [0, 0.05) is 18.1 Å². The fourth-order valence-electron chi connectivity index (χ4n) is 1.75. The van der Waals surface area contributed by atoms with E-state index in [0.717, 1.165) is 5.56 Å². The van der Waals surface area contributed by atoms with Crippen LogP contribution in [0, 0.1) is 0 Å². The highest BCUT2D eigenvalue weighted by Gasteiger charge is 2.15. The Hall–Kier alpha value is -2.17. The quantitative estimate of drug-likeness (QED) is 0.904. The number of aromatic nitrogens is 1. The Morgan fingerprint density at radius 3 is 2.83 bits per heavy atom. The fraction of sp³-hybridized carbons (Fsp3) is 0.231. The van der Waals surface area contributed by atoms with Gasteiger partial charge in [-0.15, -0.1) is 0 Å². The first-order valence-electron chi connectivity index (χ1n) is 5.50. The van der Waals surface area contributed by atoms with Crippen molar-refractivity contribution in [2.75, 3.05) is 0 Å². The highest BCUT2D eigenvalue weighted by atomic mass is 19.1. The van der Waals surface area contributed by atoms with Crippen LogP contribution in [-0.2, 0) is 6.42 Å². The van der Waals surface area contributed by atoms with Crippen LogP contribution >= 0.6 is 0 Å². The predicted molar refractivity (Wildman–Crippen MR) is 63.2 cm³/mol. The molecule has 1 unspecified atom stereocenters. The lowest BCUT2D eigenvalue weighted by Gasteiger charge is -2.07. The van der Waals surface area contributed by atoms with Crippen LogP contribution in [0.2, 0.25) is 0 Å². The van der Waals surface area contributed by atoms with Gasteiger partial charge in [-0.05, 0) is 12.5 Å². The molecule has 1 heterocycles. The van der Waals surface area contributed by atoms with Crippen LogP contribution in [0.3, 0.4) is 0 Å². The van der Waals surface area contributed by atoms with Crippen LogP contribution in [0.4, 0.5) is 4.39 Å². The first-order chi connectivity index (χ1) is 8.58. The molecule has 0 spiro atoms. The Balaban J connectivity index is 2.39. The smallest absolute Gasteiger partial charge is 0.374 e. The maximum Gasteiger partial charge on any atom is 0.374 e. The molecule has 0 aliphatic carbocycles. The summed E-state index contributed by atoms with van der Waals surface area (Å²) in [6.45, 7) is 1.47. The molecule has 0 radical (unpaired) electrons. The molecular weight excluding hydrogens is 237 g/mol. The third-order valence-electron chi connectivity index (χ3n) is 2.52. The maximum absolute atomic E-state index is 13.1. The first kappa shape index (κ1) is 12.3. The second-order valence-corrected chi connectivity index (χ2v) is 4.02. The summed E-state index contributed by atoms with van der Waals surface area (Å²) >= 11 is 0. The topological polar surface area (TPSA) is 63.3 Å². The van der Waals surface area contributed by atoms with E-state index >= 15 is 0 Å². The second kappa shape index (κ2) is 5.00. The molecule has 0 bridgehead atoms. The van der Waals surface area contributed by atoms with Gasteiger partial charge in [0.15, 0.2) is 0 Å². The summed E-state index contributed by atoms with van der Waals surface area (Å²) < 4.78 is 17.8. The molecule has 1 atom stereocenters. The minimum atomic E-state index is -1.18. The zero-order chi connectivity index (χ0) is 13.1. The number of alkyl halides is 1. The number of nitrogens with zero attached hydrogens (tertiary/aromatic N) is 1. The summed E-state index contributed by atoms with van der Waals surface area (Å²) in [7, 11) is 0. The van der Waals surface area contributed by atoms with Gasteiger partial charge in [0.2, 0.25) is 5.76 Å². The molecule has 5 heteroatoms. The zero-order valence-electron chi connectivity index (χ0n) is 9.76. The minimum absolute atomic E-state index is 0.229. The lowest BCUT2D eigenvalue weighted by molar-refractivity contribution is 0.0652. The summed E-state index contributed by atoms with van der Waals surface area (Å²) in [4.78, 5) is 10.7. The van der Waals surface area contributed by atoms with E-state index in [0.29, 0.717) is 11.3 Å². The third-order valence-corrected chi connectivity index (χ3v) is 2.52. The van der Waals surface area contributed by atoms with Gasteiger partial charge in [0.25, 0.3) is 0 Å². The van der Waals surface area contributed by atoms with Crippen LogP contribution < -0.4 is 0 Å². The number of carboxylic acid groups (broad SMARTS) is 1. The number of hydrogen-bond donors (Lipinski definition) is 1. The summed E-state index contributed by atoms with van der Waals surface area (Å²) in [5, 5.41) is 12.5. The Morgan fingerprint density at radius 2 is 2.22 bits per heavy atom.